The van der Waals surface area contributed by atoms with E-state index in [9.17, 15) is 4.79 Å². The second kappa shape index (κ2) is 15.8. The van der Waals surface area contributed by atoms with Gasteiger partial charge in [0.25, 0.3) is 5.91 Å². The fraction of sp³-hybridized carbons (Fsp3) is 0.556. The van der Waals surface area contributed by atoms with Gasteiger partial charge in [0.15, 0.2) is 5.44 Å². The van der Waals surface area contributed by atoms with Crippen LogP contribution in [0.2, 0.25) is 0 Å². The molecule has 0 radical (unpaired) electrons. The van der Waals surface area contributed by atoms with Gasteiger partial charge in [-0.15, -0.1) is 0 Å². The van der Waals surface area contributed by atoms with Crippen LogP contribution in [-0.2, 0) is 9.47 Å². The molecule has 0 saturated carbocycles. The first-order chi connectivity index (χ1) is 13.6. The number of nitriles is 1. The third-order valence-corrected chi connectivity index (χ3v) is 4.50. The SMILES string of the molecule is CSNCCNC(=O)c1cccc(OCC(OCCOCC(C)S)SC#N)c1. The van der Waals surface area contributed by atoms with Gasteiger partial charge >= 0.3 is 0 Å². The summed E-state index contributed by atoms with van der Waals surface area (Å²) < 4.78 is 19.8. The molecule has 0 heterocycles. The average Bonchev–Trinajstić information content (AvgIpc) is 2.69. The Kier molecular flexibility index (Phi) is 14.1. The molecule has 28 heavy (non-hydrogen) atoms. The third-order valence-electron chi connectivity index (χ3n) is 3.21. The summed E-state index contributed by atoms with van der Waals surface area (Å²) in [6.45, 7) is 4.68. The number of hydrogen-bond donors (Lipinski definition) is 3. The summed E-state index contributed by atoms with van der Waals surface area (Å²) in [5.41, 5.74) is 0.0680. The van der Waals surface area contributed by atoms with Crippen LogP contribution in [-0.4, -0.2) is 62.4 Å². The molecule has 0 fully saturated rings. The number of amides is 1. The van der Waals surface area contributed by atoms with Gasteiger partial charge in [-0.25, -0.2) is 0 Å². The smallest absolute Gasteiger partial charge is 0.251 e. The van der Waals surface area contributed by atoms with Gasteiger partial charge in [-0.2, -0.15) is 17.9 Å². The summed E-state index contributed by atoms with van der Waals surface area (Å²) in [5, 5.41) is 13.9. The second-order valence-corrected chi connectivity index (χ2v) is 8.15. The molecular formula is C18H27N3O4S3. The number of carbonyl (C=O) groups is 1. The minimum Gasteiger partial charge on any atom is -0.490 e. The standard InChI is InChI=1S/C18H27N3O4S3/c1-14(26)11-23-8-9-24-17(28-13-19)12-25-16-5-3-4-15(10-16)18(22)20-6-7-21-27-2/h3-5,10,14,17,21,26H,6-9,11-12H2,1-2H3,(H,20,22). The van der Waals surface area contributed by atoms with Crippen molar-refractivity contribution in [3.8, 4) is 11.2 Å². The number of nitrogens with one attached hydrogen (secondary N) is 2. The molecule has 1 amide bonds. The van der Waals surface area contributed by atoms with E-state index < -0.39 is 5.44 Å². The summed E-state index contributed by atoms with van der Waals surface area (Å²) >= 11 is 6.72. The Morgan fingerprint density at radius 1 is 1.32 bits per heavy atom. The topological polar surface area (TPSA) is 92.6 Å². The monoisotopic (exact) mass is 445 g/mol. The van der Waals surface area contributed by atoms with Gasteiger partial charge < -0.3 is 19.5 Å². The van der Waals surface area contributed by atoms with Crippen LogP contribution in [0.3, 0.4) is 0 Å². The van der Waals surface area contributed by atoms with Gasteiger partial charge in [-0.05, 0) is 36.2 Å². The van der Waals surface area contributed by atoms with Crippen molar-refractivity contribution in [2.24, 2.45) is 0 Å². The molecule has 0 aromatic heterocycles. The summed E-state index contributed by atoms with van der Waals surface area (Å²) in [6, 6.07) is 6.91. The number of hydrogen-bond acceptors (Lipinski definition) is 9. The highest BCUT2D eigenvalue weighted by Gasteiger charge is 2.12. The lowest BCUT2D eigenvalue weighted by Gasteiger charge is -2.16. The van der Waals surface area contributed by atoms with Crippen molar-refractivity contribution in [2.75, 3.05) is 45.8 Å². The number of ether oxygens (including phenoxy) is 3. The predicted octanol–water partition coefficient (Wildman–Crippen LogP) is 2.55. The minimum atomic E-state index is -0.447. The molecule has 1 aromatic rings. The third kappa shape index (κ3) is 11.7. The molecule has 2 unspecified atom stereocenters. The molecule has 0 spiro atoms. The van der Waals surface area contributed by atoms with Crippen LogP contribution in [0.25, 0.3) is 0 Å². The van der Waals surface area contributed by atoms with Crippen LogP contribution in [0.5, 0.6) is 5.75 Å². The van der Waals surface area contributed by atoms with E-state index in [0.29, 0.717) is 44.2 Å². The van der Waals surface area contributed by atoms with Gasteiger partial charge in [0.2, 0.25) is 0 Å². The van der Waals surface area contributed by atoms with Crippen LogP contribution in [0.4, 0.5) is 0 Å². The van der Waals surface area contributed by atoms with E-state index >= 15 is 0 Å². The van der Waals surface area contributed by atoms with Crippen molar-refractivity contribution >= 4 is 42.2 Å². The first-order valence-corrected chi connectivity index (χ1v) is 11.4. The first kappa shape index (κ1) is 24.9. The second-order valence-electron chi connectivity index (χ2n) is 5.63. The van der Waals surface area contributed by atoms with Crippen LogP contribution in [0.1, 0.15) is 17.3 Å². The maximum atomic E-state index is 12.2. The van der Waals surface area contributed by atoms with Gasteiger partial charge in [0.05, 0.1) is 19.8 Å². The lowest BCUT2D eigenvalue weighted by molar-refractivity contribution is 0.0241. The number of rotatable bonds is 15. The Hall–Kier alpha value is -1.09. The molecule has 2 atom stereocenters. The Morgan fingerprint density at radius 3 is 2.86 bits per heavy atom. The van der Waals surface area contributed by atoms with E-state index in [1.54, 1.807) is 24.3 Å². The number of thioether (sulfide) groups is 1. The lowest BCUT2D eigenvalue weighted by Crippen LogP contribution is -2.29. The van der Waals surface area contributed by atoms with Gasteiger partial charge in [0, 0.05) is 23.9 Å². The Morgan fingerprint density at radius 2 is 2.14 bits per heavy atom. The summed E-state index contributed by atoms with van der Waals surface area (Å²) in [7, 11) is 0. The lowest BCUT2D eigenvalue weighted by atomic mass is 10.2. The fourth-order valence-electron chi connectivity index (χ4n) is 1.99. The van der Waals surface area contributed by atoms with E-state index in [1.807, 2.05) is 18.6 Å². The van der Waals surface area contributed by atoms with Crippen molar-refractivity contribution in [3.63, 3.8) is 0 Å². The van der Waals surface area contributed by atoms with Gasteiger partial charge in [0.1, 0.15) is 17.8 Å². The number of benzene rings is 1. The van der Waals surface area contributed by atoms with E-state index in [-0.39, 0.29) is 17.8 Å². The van der Waals surface area contributed by atoms with Crippen molar-refractivity contribution in [3.05, 3.63) is 29.8 Å². The van der Waals surface area contributed by atoms with Gasteiger partial charge in [-0.3, -0.25) is 9.52 Å². The molecule has 156 valence electrons. The Balaban J connectivity index is 2.43. The van der Waals surface area contributed by atoms with Crippen LogP contribution in [0, 0.1) is 10.7 Å². The van der Waals surface area contributed by atoms with E-state index in [1.165, 1.54) is 11.9 Å². The number of thiol groups is 1. The molecule has 0 aliphatic rings. The maximum Gasteiger partial charge on any atom is 0.251 e. The van der Waals surface area contributed by atoms with E-state index in [4.69, 9.17) is 19.5 Å². The van der Waals surface area contributed by atoms with Crippen molar-refractivity contribution < 1.29 is 19.0 Å². The molecular weight excluding hydrogens is 418 g/mol. The fourth-order valence-corrected chi connectivity index (χ4v) is 2.82. The highest BCUT2D eigenvalue weighted by Crippen LogP contribution is 2.17. The van der Waals surface area contributed by atoms with Crippen molar-refractivity contribution in [1.29, 1.82) is 5.26 Å². The number of thiocyanates is 1. The molecule has 0 aliphatic carbocycles. The summed E-state index contributed by atoms with van der Waals surface area (Å²) in [4.78, 5) is 12.2. The first-order valence-electron chi connectivity index (χ1n) is 8.75. The average molecular weight is 446 g/mol. The highest BCUT2D eigenvalue weighted by molar-refractivity contribution is 8.04. The maximum absolute atomic E-state index is 12.2. The van der Waals surface area contributed by atoms with E-state index in [0.717, 1.165) is 11.8 Å². The summed E-state index contributed by atoms with van der Waals surface area (Å²) in [5.74, 6) is 0.380. The molecule has 7 nitrogen and oxygen atoms in total. The zero-order chi connectivity index (χ0) is 20.6. The molecule has 2 N–H and O–H groups in total. The number of carbonyl (C=O) groups excluding carboxylic acids is 1. The molecule has 10 heteroatoms. The van der Waals surface area contributed by atoms with Crippen LogP contribution >= 0.6 is 36.3 Å². The summed E-state index contributed by atoms with van der Waals surface area (Å²) in [6.07, 6.45) is 1.93. The normalized spacial score (nSPS) is 12.8. The molecule has 1 rings (SSSR count). The van der Waals surface area contributed by atoms with Crippen LogP contribution in [0.15, 0.2) is 24.3 Å². The predicted molar refractivity (Wildman–Crippen MR) is 118 cm³/mol. The van der Waals surface area contributed by atoms with Crippen LogP contribution < -0.4 is 14.8 Å². The molecule has 0 saturated heterocycles. The minimum absolute atomic E-state index is 0.164. The Bertz CT molecular complexity index is 614. The van der Waals surface area contributed by atoms with E-state index in [2.05, 4.69) is 22.7 Å². The molecule has 0 bridgehead atoms. The number of nitrogens with zero attached hydrogens (tertiary/aromatic N) is 1. The quantitative estimate of drug-likeness (QED) is 0.125. The Labute approximate surface area is 180 Å². The largest absolute Gasteiger partial charge is 0.490 e. The molecule has 1 aromatic carbocycles. The zero-order valence-electron chi connectivity index (χ0n) is 16.1. The highest BCUT2D eigenvalue weighted by atomic mass is 32.2. The van der Waals surface area contributed by atoms with Crippen molar-refractivity contribution in [1.82, 2.24) is 10.0 Å². The molecule has 0 aliphatic heterocycles. The van der Waals surface area contributed by atoms with Crippen molar-refractivity contribution in [2.45, 2.75) is 17.6 Å². The zero-order valence-corrected chi connectivity index (χ0v) is 18.6. The van der Waals surface area contributed by atoms with Gasteiger partial charge in [-0.1, -0.05) is 24.9 Å².